The third-order valence-electron chi connectivity index (χ3n) is 2.10. The van der Waals surface area contributed by atoms with E-state index in [0.717, 1.165) is 0 Å². The molecular formula is C13H11NO. The van der Waals surface area contributed by atoms with Gasteiger partial charge in [0.15, 0.2) is 0 Å². The van der Waals surface area contributed by atoms with E-state index in [1.165, 1.54) is 0 Å². The first-order valence-corrected chi connectivity index (χ1v) is 4.78. The first-order chi connectivity index (χ1) is 7.38. The number of hydrogen-bond donors (Lipinski definition) is 1. The molecule has 0 unspecified atom stereocenters. The van der Waals surface area contributed by atoms with Gasteiger partial charge in [-0.15, -0.1) is 0 Å². The number of carbonyl (C=O) groups excluding carboxylic acids is 1. The number of Topliss-reactive ketones (excluding diaryl/α,β-unsaturated/α-hetero) is 1. The Morgan fingerprint density at radius 2 is 1.80 bits per heavy atom. The molecule has 0 atom stereocenters. The van der Waals surface area contributed by atoms with Gasteiger partial charge < -0.3 is 5.32 Å². The molecule has 1 heterocycles. The first kappa shape index (κ1) is 9.46. The summed E-state index contributed by atoms with van der Waals surface area (Å²) in [6.07, 6.45) is 9.08. The molecule has 0 aliphatic carbocycles. The zero-order valence-electron chi connectivity index (χ0n) is 8.18. The molecule has 0 radical (unpaired) electrons. The van der Waals surface area contributed by atoms with Gasteiger partial charge in [-0.2, -0.15) is 0 Å². The Hall–Kier alpha value is -2.09. The van der Waals surface area contributed by atoms with Crippen molar-refractivity contribution in [3.63, 3.8) is 0 Å². The standard InChI is InChI=1S/C13H11NO/c15-13(11-7-3-1-4-8-11)12-9-5-2-6-10-14-12/h1-10,14H. The van der Waals surface area contributed by atoms with Crippen LogP contribution in [0.25, 0.3) is 0 Å². The molecule has 0 amide bonds. The van der Waals surface area contributed by atoms with Crippen molar-refractivity contribution < 1.29 is 4.79 Å². The maximum Gasteiger partial charge on any atom is 0.209 e. The zero-order valence-corrected chi connectivity index (χ0v) is 8.18. The van der Waals surface area contributed by atoms with Gasteiger partial charge in [-0.1, -0.05) is 42.5 Å². The Morgan fingerprint density at radius 3 is 2.60 bits per heavy atom. The van der Waals surface area contributed by atoms with E-state index in [2.05, 4.69) is 5.32 Å². The number of ketones is 1. The van der Waals surface area contributed by atoms with E-state index in [0.29, 0.717) is 11.3 Å². The Kier molecular flexibility index (Phi) is 2.79. The number of benzene rings is 1. The van der Waals surface area contributed by atoms with Crippen LogP contribution in [-0.4, -0.2) is 5.78 Å². The summed E-state index contributed by atoms with van der Waals surface area (Å²) in [5.74, 6) is 0.00630. The number of nitrogens with one attached hydrogen (secondary N) is 1. The lowest BCUT2D eigenvalue weighted by molar-refractivity contribution is 0.102. The summed E-state index contributed by atoms with van der Waals surface area (Å²) in [6, 6.07) is 9.23. The summed E-state index contributed by atoms with van der Waals surface area (Å²) in [7, 11) is 0. The molecule has 1 aromatic rings. The van der Waals surface area contributed by atoms with Crippen molar-refractivity contribution in [1.29, 1.82) is 0 Å². The van der Waals surface area contributed by atoms with Crippen LogP contribution in [0.3, 0.4) is 0 Å². The molecule has 0 fully saturated rings. The van der Waals surface area contributed by atoms with Crippen LogP contribution >= 0.6 is 0 Å². The fraction of sp³-hybridized carbons (Fsp3) is 0. The van der Waals surface area contributed by atoms with Gasteiger partial charge in [0, 0.05) is 11.8 Å². The number of hydrogen-bond acceptors (Lipinski definition) is 2. The highest BCUT2D eigenvalue weighted by Gasteiger charge is 2.09. The van der Waals surface area contributed by atoms with Gasteiger partial charge in [0.05, 0.1) is 5.70 Å². The molecule has 1 aliphatic heterocycles. The molecule has 2 nitrogen and oxygen atoms in total. The molecule has 0 bridgehead atoms. The molecule has 74 valence electrons. The van der Waals surface area contributed by atoms with Crippen LogP contribution < -0.4 is 5.32 Å². The van der Waals surface area contributed by atoms with Crippen molar-refractivity contribution in [3.05, 3.63) is 72.1 Å². The summed E-state index contributed by atoms with van der Waals surface area (Å²) >= 11 is 0. The van der Waals surface area contributed by atoms with Gasteiger partial charge in [0.1, 0.15) is 0 Å². The fourth-order valence-corrected chi connectivity index (χ4v) is 1.34. The third kappa shape index (κ3) is 2.23. The summed E-state index contributed by atoms with van der Waals surface area (Å²) in [4.78, 5) is 12.0. The topological polar surface area (TPSA) is 29.1 Å². The average Bonchev–Trinajstić information content (AvgIpc) is 2.58. The Morgan fingerprint density at radius 1 is 1.00 bits per heavy atom. The largest absolute Gasteiger partial charge is 0.359 e. The maximum absolute atomic E-state index is 12.0. The van der Waals surface area contributed by atoms with E-state index in [9.17, 15) is 4.79 Å². The number of carbonyl (C=O) groups is 1. The highest BCUT2D eigenvalue weighted by molar-refractivity contribution is 6.08. The van der Waals surface area contributed by atoms with Gasteiger partial charge in [0.2, 0.25) is 5.78 Å². The minimum Gasteiger partial charge on any atom is -0.359 e. The summed E-state index contributed by atoms with van der Waals surface area (Å²) in [5.41, 5.74) is 1.28. The average molecular weight is 197 g/mol. The molecule has 1 aliphatic rings. The second kappa shape index (κ2) is 4.42. The van der Waals surface area contributed by atoms with Crippen LogP contribution in [0.4, 0.5) is 0 Å². The molecule has 0 saturated heterocycles. The predicted molar refractivity (Wildman–Crippen MR) is 60.3 cm³/mol. The second-order valence-corrected chi connectivity index (χ2v) is 3.16. The van der Waals surface area contributed by atoms with Gasteiger partial charge in [-0.25, -0.2) is 0 Å². The quantitative estimate of drug-likeness (QED) is 0.738. The number of rotatable bonds is 2. The molecule has 0 aromatic heterocycles. The van der Waals surface area contributed by atoms with Crippen molar-refractivity contribution in [3.8, 4) is 0 Å². The lowest BCUT2D eigenvalue weighted by Crippen LogP contribution is -2.14. The van der Waals surface area contributed by atoms with E-state index < -0.39 is 0 Å². The highest BCUT2D eigenvalue weighted by Crippen LogP contribution is 2.07. The molecule has 0 saturated carbocycles. The molecular weight excluding hydrogens is 186 g/mol. The van der Waals surface area contributed by atoms with Crippen molar-refractivity contribution >= 4 is 5.78 Å². The monoisotopic (exact) mass is 197 g/mol. The van der Waals surface area contributed by atoms with Crippen LogP contribution in [0.1, 0.15) is 10.4 Å². The van der Waals surface area contributed by atoms with E-state index in [1.54, 1.807) is 12.3 Å². The zero-order chi connectivity index (χ0) is 10.5. The van der Waals surface area contributed by atoms with E-state index in [-0.39, 0.29) is 5.78 Å². The SMILES string of the molecule is O=C(C1=CC=CC=CN1)c1ccccc1. The van der Waals surface area contributed by atoms with Gasteiger partial charge in [0.25, 0.3) is 0 Å². The van der Waals surface area contributed by atoms with Crippen molar-refractivity contribution in [2.75, 3.05) is 0 Å². The third-order valence-corrected chi connectivity index (χ3v) is 2.10. The van der Waals surface area contributed by atoms with E-state index >= 15 is 0 Å². The van der Waals surface area contributed by atoms with Crippen molar-refractivity contribution in [2.45, 2.75) is 0 Å². The molecule has 2 heteroatoms. The summed E-state index contributed by atoms with van der Waals surface area (Å²) < 4.78 is 0. The van der Waals surface area contributed by atoms with Crippen LogP contribution in [0.5, 0.6) is 0 Å². The molecule has 0 spiro atoms. The first-order valence-electron chi connectivity index (χ1n) is 4.78. The van der Waals surface area contributed by atoms with E-state index in [1.807, 2.05) is 48.6 Å². The normalized spacial score (nSPS) is 14.0. The smallest absolute Gasteiger partial charge is 0.209 e. The van der Waals surface area contributed by atoms with Crippen LogP contribution in [0, 0.1) is 0 Å². The van der Waals surface area contributed by atoms with Crippen molar-refractivity contribution in [1.82, 2.24) is 5.32 Å². The predicted octanol–water partition coefficient (Wildman–Crippen LogP) is 2.43. The molecule has 2 rings (SSSR count). The maximum atomic E-state index is 12.0. The highest BCUT2D eigenvalue weighted by atomic mass is 16.1. The second-order valence-electron chi connectivity index (χ2n) is 3.16. The van der Waals surface area contributed by atoms with Gasteiger partial charge >= 0.3 is 0 Å². The lowest BCUT2D eigenvalue weighted by atomic mass is 10.1. The molecule has 15 heavy (non-hydrogen) atoms. The van der Waals surface area contributed by atoms with Crippen LogP contribution in [0.15, 0.2) is 66.5 Å². The lowest BCUT2D eigenvalue weighted by Gasteiger charge is -2.04. The van der Waals surface area contributed by atoms with E-state index in [4.69, 9.17) is 0 Å². The van der Waals surface area contributed by atoms with Crippen LogP contribution in [0.2, 0.25) is 0 Å². The Bertz CT molecular complexity index is 441. The fourth-order valence-electron chi connectivity index (χ4n) is 1.34. The van der Waals surface area contributed by atoms with Gasteiger partial charge in [-0.3, -0.25) is 4.79 Å². The summed E-state index contributed by atoms with van der Waals surface area (Å²) in [6.45, 7) is 0. The Balaban J connectivity index is 2.25. The molecule has 1 N–H and O–H groups in total. The summed E-state index contributed by atoms with van der Waals surface area (Å²) in [5, 5.41) is 2.95. The van der Waals surface area contributed by atoms with Crippen LogP contribution in [-0.2, 0) is 0 Å². The Labute approximate surface area is 88.6 Å². The minimum absolute atomic E-state index is 0.00630. The number of allylic oxidation sites excluding steroid dienone is 5. The van der Waals surface area contributed by atoms with Crippen molar-refractivity contribution in [2.24, 2.45) is 0 Å². The van der Waals surface area contributed by atoms with Gasteiger partial charge in [-0.05, 0) is 12.2 Å². The molecule has 1 aromatic carbocycles. The minimum atomic E-state index is 0.00630.